The zero-order valence-electron chi connectivity index (χ0n) is 15.0. The van der Waals surface area contributed by atoms with Gasteiger partial charge in [-0.3, -0.25) is 4.79 Å². The first-order chi connectivity index (χ1) is 12.0. The largest absolute Gasteiger partial charge is 0.365 e. The Bertz CT molecular complexity index is 793. The number of aryl methyl sites for hydroxylation is 2. The summed E-state index contributed by atoms with van der Waals surface area (Å²) >= 11 is 0. The molecule has 0 radical (unpaired) electrons. The van der Waals surface area contributed by atoms with E-state index in [-0.39, 0.29) is 17.8 Å². The van der Waals surface area contributed by atoms with Crippen LogP contribution in [0.5, 0.6) is 0 Å². The molecule has 25 heavy (non-hydrogen) atoms. The minimum atomic E-state index is -0.269. The van der Waals surface area contributed by atoms with E-state index in [4.69, 9.17) is 0 Å². The Morgan fingerprint density at radius 2 is 2.04 bits per heavy atom. The second kappa shape index (κ2) is 7.00. The van der Waals surface area contributed by atoms with E-state index in [9.17, 15) is 4.79 Å². The van der Waals surface area contributed by atoms with Crippen molar-refractivity contribution < 1.29 is 4.79 Å². The lowest BCUT2D eigenvalue weighted by molar-refractivity contribution is 0.0952. The molecule has 1 atom stereocenters. The second-order valence-electron chi connectivity index (χ2n) is 6.28. The van der Waals surface area contributed by atoms with Gasteiger partial charge in [0.05, 0.1) is 0 Å². The highest BCUT2D eigenvalue weighted by atomic mass is 16.2. The maximum Gasteiger partial charge on any atom is 0.288 e. The van der Waals surface area contributed by atoms with E-state index in [1.807, 2.05) is 26.8 Å². The molecule has 3 heterocycles. The standard InChI is InChI=1S/C17H23N7O/c1-10-7-14(20-9-19-10)22-13-5-6-24(8-13)16-11(2)12(3)21-15(23-16)17(25)18-4/h7,9,13H,5-6,8H2,1-4H3,(H,18,25)(H,19,20,22)/t13-/m1/s1. The fourth-order valence-corrected chi connectivity index (χ4v) is 2.95. The number of hydrogen-bond acceptors (Lipinski definition) is 7. The lowest BCUT2D eigenvalue weighted by Crippen LogP contribution is -2.29. The first-order valence-electron chi connectivity index (χ1n) is 8.35. The maximum absolute atomic E-state index is 11.9. The molecule has 0 aliphatic carbocycles. The lowest BCUT2D eigenvalue weighted by atomic mass is 10.2. The molecule has 1 saturated heterocycles. The van der Waals surface area contributed by atoms with E-state index in [0.29, 0.717) is 0 Å². The molecule has 0 unspecified atom stereocenters. The lowest BCUT2D eigenvalue weighted by Gasteiger charge is -2.21. The molecule has 0 saturated carbocycles. The molecule has 2 aromatic rings. The Morgan fingerprint density at radius 1 is 1.24 bits per heavy atom. The van der Waals surface area contributed by atoms with Gasteiger partial charge in [0.25, 0.3) is 5.91 Å². The average Bonchev–Trinajstić information content (AvgIpc) is 3.04. The van der Waals surface area contributed by atoms with Gasteiger partial charge < -0.3 is 15.5 Å². The van der Waals surface area contributed by atoms with E-state index in [1.165, 1.54) is 0 Å². The van der Waals surface area contributed by atoms with Crippen LogP contribution in [0.25, 0.3) is 0 Å². The van der Waals surface area contributed by atoms with Gasteiger partial charge >= 0.3 is 0 Å². The van der Waals surface area contributed by atoms with Gasteiger partial charge in [-0.05, 0) is 27.2 Å². The van der Waals surface area contributed by atoms with Gasteiger partial charge in [-0.1, -0.05) is 0 Å². The Hall–Kier alpha value is -2.77. The fourth-order valence-electron chi connectivity index (χ4n) is 2.95. The number of amides is 1. The molecular weight excluding hydrogens is 318 g/mol. The van der Waals surface area contributed by atoms with Gasteiger partial charge in [-0.2, -0.15) is 0 Å². The summed E-state index contributed by atoms with van der Waals surface area (Å²) in [7, 11) is 1.58. The van der Waals surface area contributed by atoms with E-state index in [1.54, 1.807) is 13.4 Å². The van der Waals surface area contributed by atoms with Gasteiger partial charge in [0.2, 0.25) is 5.82 Å². The summed E-state index contributed by atoms with van der Waals surface area (Å²) in [6, 6.07) is 2.21. The molecule has 3 rings (SSSR count). The van der Waals surface area contributed by atoms with Crippen molar-refractivity contribution in [3.63, 3.8) is 0 Å². The summed E-state index contributed by atoms with van der Waals surface area (Å²) in [5.74, 6) is 1.60. The molecule has 132 valence electrons. The Balaban J connectivity index is 1.77. The summed E-state index contributed by atoms with van der Waals surface area (Å²) in [6.07, 6.45) is 2.54. The number of nitrogens with zero attached hydrogens (tertiary/aromatic N) is 5. The normalized spacial score (nSPS) is 16.8. The Labute approximate surface area is 147 Å². The number of aromatic nitrogens is 4. The number of rotatable bonds is 4. The highest BCUT2D eigenvalue weighted by molar-refractivity contribution is 5.90. The van der Waals surface area contributed by atoms with Gasteiger partial charge in [0.1, 0.15) is 18.0 Å². The first kappa shape index (κ1) is 17.1. The molecular formula is C17H23N7O. The number of nitrogens with one attached hydrogen (secondary N) is 2. The zero-order valence-corrected chi connectivity index (χ0v) is 15.0. The summed E-state index contributed by atoms with van der Waals surface area (Å²) < 4.78 is 0. The van der Waals surface area contributed by atoms with Crippen LogP contribution in [0.3, 0.4) is 0 Å². The predicted molar refractivity (Wildman–Crippen MR) is 95.9 cm³/mol. The maximum atomic E-state index is 11.9. The monoisotopic (exact) mass is 341 g/mol. The van der Waals surface area contributed by atoms with Crippen molar-refractivity contribution in [2.24, 2.45) is 0 Å². The minimum Gasteiger partial charge on any atom is -0.365 e. The third-order valence-corrected chi connectivity index (χ3v) is 4.44. The molecule has 8 nitrogen and oxygen atoms in total. The molecule has 1 amide bonds. The van der Waals surface area contributed by atoms with Gasteiger partial charge in [-0.25, -0.2) is 19.9 Å². The van der Waals surface area contributed by atoms with Crippen molar-refractivity contribution >= 4 is 17.5 Å². The van der Waals surface area contributed by atoms with Crippen molar-refractivity contribution in [1.82, 2.24) is 25.3 Å². The number of hydrogen-bond donors (Lipinski definition) is 2. The molecule has 0 spiro atoms. The molecule has 2 aromatic heterocycles. The van der Waals surface area contributed by atoms with Crippen LogP contribution in [-0.2, 0) is 0 Å². The van der Waals surface area contributed by atoms with E-state index in [0.717, 1.165) is 48.1 Å². The Kier molecular flexibility index (Phi) is 4.78. The van der Waals surface area contributed by atoms with Crippen LogP contribution in [-0.4, -0.2) is 52.0 Å². The minimum absolute atomic E-state index is 0.212. The molecule has 0 bridgehead atoms. The number of anilines is 2. The summed E-state index contributed by atoms with van der Waals surface area (Å²) in [4.78, 5) is 31.3. The number of carbonyl (C=O) groups excluding carboxylic acids is 1. The third kappa shape index (κ3) is 3.67. The summed E-state index contributed by atoms with van der Waals surface area (Å²) in [5, 5.41) is 6.03. The van der Waals surface area contributed by atoms with Crippen LogP contribution < -0.4 is 15.5 Å². The number of carbonyl (C=O) groups is 1. The molecule has 1 aliphatic heterocycles. The van der Waals surface area contributed by atoms with Crippen molar-refractivity contribution in [2.45, 2.75) is 33.2 Å². The van der Waals surface area contributed by atoms with Crippen LogP contribution in [0.2, 0.25) is 0 Å². The zero-order chi connectivity index (χ0) is 18.0. The van der Waals surface area contributed by atoms with Gasteiger partial charge in [-0.15, -0.1) is 0 Å². The molecule has 1 aliphatic rings. The molecule has 8 heteroatoms. The predicted octanol–water partition coefficient (Wildman–Crippen LogP) is 1.24. The van der Waals surface area contributed by atoms with E-state index >= 15 is 0 Å². The van der Waals surface area contributed by atoms with Crippen LogP contribution in [0.1, 0.15) is 34.0 Å². The molecule has 0 aromatic carbocycles. The van der Waals surface area contributed by atoms with Gasteiger partial charge in [0, 0.05) is 49.2 Å². The first-order valence-corrected chi connectivity index (χ1v) is 8.35. The van der Waals surface area contributed by atoms with Crippen LogP contribution in [0.15, 0.2) is 12.4 Å². The highest BCUT2D eigenvalue weighted by Gasteiger charge is 2.26. The fraction of sp³-hybridized carbons (Fsp3) is 0.471. The van der Waals surface area contributed by atoms with Crippen molar-refractivity contribution in [3.8, 4) is 0 Å². The molecule has 1 fully saturated rings. The SMILES string of the molecule is CNC(=O)c1nc(C)c(C)c(N2CC[C@@H](Nc3cc(C)ncn3)C2)n1. The smallest absolute Gasteiger partial charge is 0.288 e. The third-order valence-electron chi connectivity index (χ3n) is 4.44. The molecule has 2 N–H and O–H groups in total. The second-order valence-corrected chi connectivity index (χ2v) is 6.28. The van der Waals surface area contributed by atoms with Crippen LogP contribution in [0, 0.1) is 20.8 Å². The highest BCUT2D eigenvalue weighted by Crippen LogP contribution is 2.25. The average molecular weight is 341 g/mol. The topological polar surface area (TPSA) is 95.9 Å². The summed E-state index contributed by atoms with van der Waals surface area (Å²) in [5.41, 5.74) is 2.77. The van der Waals surface area contributed by atoms with Gasteiger partial charge in [0.15, 0.2) is 0 Å². The Morgan fingerprint density at radius 3 is 2.76 bits per heavy atom. The van der Waals surface area contributed by atoms with Crippen LogP contribution >= 0.6 is 0 Å². The quantitative estimate of drug-likeness (QED) is 0.864. The summed E-state index contributed by atoms with van der Waals surface area (Å²) in [6.45, 7) is 7.51. The van der Waals surface area contributed by atoms with E-state index < -0.39 is 0 Å². The van der Waals surface area contributed by atoms with Crippen molar-refractivity contribution in [1.29, 1.82) is 0 Å². The van der Waals surface area contributed by atoms with Crippen molar-refractivity contribution in [2.75, 3.05) is 30.4 Å². The van der Waals surface area contributed by atoms with E-state index in [2.05, 4.69) is 35.5 Å². The van der Waals surface area contributed by atoms with Crippen molar-refractivity contribution in [3.05, 3.63) is 35.2 Å². The van der Waals surface area contributed by atoms with Crippen LogP contribution in [0.4, 0.5) is 11.6 Å².